The van der Waals surface area contributed by atoms with Crippen LogP contribution in [0.3, 0.4) is 0 Å². The number of amides is 2. The molecule has 2 aromatic carbocycles. The van der Waals surface area contributed by atoms with Crippen LogP contribution in [-0.2, 0) is 29.2 Å². The number of aromatic nitrogens is 2. The minimum atomic E-state index is -0.276. The SMILES string of the molecule is CCNCCN(C(=O)CNCC(=O)N(C)N1Cc2ccc(F)cc2C1)c1cc2nn(CC)c(C)c2cc1C. The molecule has 1 aromatic heterocycles. The number of aryl methyl sites for hydroxylation is 3. The molecule has 204 valence electrons. The van der Waals surface area contributed by atoms with Gasteiger partial charge in [0.05, 0.1) is 18.6 Å². The highest BCUT2D eigenvalue weighted by Gasteiger charge is 2.26. The molecule has 0 aliphatic carbocycles. The number of carbonyl (C=O) groups excluding carboxylic acids is 2. The average molecular weight is 524 g/mol. The summed E-state index contributed by atoms with van der Waals surface area (Å²) in [6.07, 6.45) is 0. The maximum atomic E-state index is 13.6. The van der Waals surface area contributed by atoms with E-state index in [2.05, 4.69) is 30.5 Å². The lowest BCUT2D eigenvalue weighted by atomic mass is 10.1. The highest BCUT2D eigenvalue weighted by atomic mass is 19.1. The smallest absolute Gasteiger partial charge is 0.250 e. The first kappa shape index (κ1) is 27.7. The molecule has 4 rings (SSSR count). The first-order valence-electron chi connectivity index (χ1n) is 13.2. The van der Waals surface area contributed by atoms with Crippen molar-refractivity contribution in [2.45, 2.75) is 47.3 Å². The van der Waals surface area contributed by atoms with Gasteiger partial charge in [-0.3, -0.25) is 24.6 Å². The molecule has 0 spiro atoms. The second kappa shape index (κ2) is 12.0. The fourth-order valence-corrected chi connectivity index (χ4v) is 4.95. The van der Waals surface area contributed by atoms with Crippen LogP contribution < -0.4 is 15.5 Å². The summed E-state index contributed by atoms with van der Waals surface area (Å²) in [7, 11) is 1.70. The standard InChI is InChI=1S/C28H38FN7O2/c1-6-30-10-11-35(26-14-25-24(12-19(26)3)20(4)36(7-2)32-25)28(38)16-31-15-27(37)33(5)34-17-21-8-9-23(29)13-22(21)18-34/h8-9,12-14,30-31H,6-7,10-11,15-18H2,1-5H3. The lowest BCUT2D eigenvalue weighted by molar-refractivity contribution is -0.145. The van der Waals surface area contributed by atoms with Crippen molar-refractivity contribution < 1.29 is 14.0 Å². The Hall–Kier alpha value is -3.34. The maximum Gasteiger partial charge on any atom is 0.250 e. The van der Waals surface area contributed by atoms with Gasteiger partial charge in [0, 0.05) is 56.5 Å². The number of nitrogens with one attached hydrogen (secondary N) is 2. The van der Waals surface area contributed by atoms with E-state index < -0.39 is 0 Å². The van der Waals surface area contributed by atoms with Crippen LogP contribution in [0, 0.1) is 19.7 Å². The van der Waals surface area contributed by atoms with Crippen molar-refractivity contribution in [2.24, 2.45) is 0 Å². The zero-order valence-corrected chi connectivity index (χ0v) is 23.0. The molecule has 2 N–H and O–H groups in total. The largest absolute Gasteiger partial charge is 0.315 e. The highest BCUT2D eigenvalue weighted by Crippen LogP contribution is 2.28. The van der Waals surface area contributed by atoms with Crippen molar-refractivity contribution >= 4 is 28.4 Å². The minimum Gasteiger partial charge on any atom is -0.315 e. The number of carbonyl (C=O) groups is 2. The molecule has 1 aliphatic heterocycles. The lowest BCUT2D eigenvalue weighted by Crippen LogP contribution is -2.47. The summed E-state index contributed by atoms with van der Waals surface area (Å²) in [5.74, 6) is -0.554. The van der Waals surface area contributed by atoms with Gasteiger partial charge in [-0.1, -0.05) is 13.0 Å². The van der Waals surface area contributed by atoms with Crippen molar-refractivity contribution in [3.05, 3.63) is 58.5 Å². The normalized spacial score (nSPS) is 13.2. The average Bonchev–Trinajstić information content (AvgIpc) is 3.45. The van der Waals surface area contributed by atoms with Crippen molar-refractivity contribution in [1.82, 2.24) is 30.4 Å². The van der Waals surface area contributed by atoms with Crippen LogP contribution >= 0.6 is 0 Å². The van der Waals surface area contributed by atoms with E-state index in [1.807, 2.05) is 29.6 Å². The number of fused-ring (bicyclic) bond motifs is 2. The maximum absolute atomic E-state index is 13.6. The van der Waals surface area contributed by atoms with Gasteiger partial charge in [-0.05, 0) is 68.3 Å². The van der Waals surface area contributed by atoms with E-state index in [0.717, 1.165) is 52.1 Å². The Bertz CT molecular complexity index is 1320. The number of nitrogens with zero attached hydrogens (tertiary/aromatic N) is 5. The summed E-state index contributed by atoms with van der Waals surface area (Å²) in [6.45, 7) is 12.0. The Morgan fingerprint density at radius 2 is 1.76 bits per heavy atom. The molecule has 3 aromatic rings. The van der Waals surface area contributed by atoms with Crippen LogP contribution in [0.1, 0.15) is 36.2 Å². The summed E-state index contributed by atoms with van der Waals surface area (Å²) in [5.41, 5.74) is 5.70. The van der Waals surface area contributed by atoms with E-state index in [4.69, 9.17) is 5.10 Å². The molecule has 2 heterocycles. The summed E-state index contributed by atoms with van der Waals surface area (Å²) in [6, 6.07) is 8.79. The quantitative estimate of drug-likeness (QED) is 0.376. The van der Waals surface area contributed by atoms with Gasteiger partial charge in [-0.15, -0.1) is 0 Å². The predicted octanol–water partition coefficient (Wildman–Crippen LogP) is 2.73. The molecule has 1 aliphatic rings. The molecule has 9 nitrogen and oxygen atoms in total. The van der Waals surface area contributed by atoms with E-state index in [0.29, 0.717) is 26.2 Å². The number of hydrogen-bond donors (Lipinski definition) is 2. The van der Waals surface area contributed by atoms with Gasteiger partial charge in [0.2, 0.25) is 5.91 Å². The fourth-order valence-electron chi connectivity index (χ4n) is 4.95. The summed E-state index contributed by atoms with van der Waals surface area (Å²) in [4.78, 5) is 28.0. The van der Waals surface area contributed by atoms with Crippen LogP contribution in [0.2, 0.25) is 0 Å². The number of hydrogen-bond acceptors (Lipinski definition) is 6. The third-order valence-electron chi connectivity index (χ3n) is 7.18. The highest BCUT2D eigenvalue weighted by molar-refractivity contribution is 5.98. The fraction of sp³-hybridized carbons (Fsp3) is 0.464. The second-order valence-electron chi connectivity index (χ2n) is 9.71. The Morgan fingerprint density at radius 3 is 2.50 bits per heavy atom. The summed E-state index contributed by atoms with van der Waals surface area (Å²) in [5, 5.41) is 15.5. The van der Waals surface area contributed by atoms with E-state index >= 15 is 0 Å². The predicted molar refractivity (Wildman–Crippen MR) is 147 cm³/mol. The number of halogens is 1. The third kappa shape index (κ3) is 5.87. The molecular formula is C28H38FN7O2. The monoisotopic (exact) mass is 523 g/mol. The van der Waals surface area contributed by atoms with Crippen molar-refractivity contribution in [3.8, 4) is 0 Å². The number of anilines is 1. The van der Waals surface area contributed by atoms with Gasteiger partial charge < -0.3 is 10.2 Å². The minimum absolute atomic E-state index is 0.0165. The van der Waals surface area contributed by atoms with Crippen molar-refractivity contribution in [2.75, 3.05) is 44.7 Å². The van der Waals surface area contributed by atoms with Gasteiger partial charge in [0.1, 0.15) is 5.82 Å². The third-order valence-corrected chi connectivity index (χ3v) is 7.18. The number of benzene rings is 2. The topological polar surface area (TPSA) is 85.7 Å². The van der Waals surface area contributed by atoms with Crippen LogP contribution in [0.5, 0.6) is 0 Å². The van der Waals surface area contributed by atoms with Gasteiger partial charge in [0.25, 0.3) is 5.91 Å². The summed E-state index contributed by atoms with van der Waals surface area (Å²) < 4.78 is 15.5. The van der Waals surface area contributed by atoms with E-state index in [-0.39, 0.29) is 30.7 Å². The van der Waals surface area contributed by atoms with E-state index in [1.54, 1.807) is 23.0 Å². The summed E-state index contributed by atoms with van der Waals surface area (Å²) >= 11 is 0. The molecule has 0 fully saturated rings. The second-order valence-corrected chi connectivity index (χ2v) is 9.71. The first-order valence-corrected chi connectivity index (χ1v) is 13.2. The van der Waals surface area contributed by atoms with Gasteiger partial charge in [-0.2, -0.15) is 5.10 Å². The van der Waals surface area contributed by atoms with Crippen LogP contribution in [0.25, 0.3) is 10.9 Å². The molecule has 0 atom stereocenters. The van der Waals surface area contributed by atoms with Crippen LogP contribution in [0.15, 0.2) is 30.3 Å². The van der Waals surface area contributed by atoms with Crippen molar-refractivity contribution in [1.29, 1.82) is 0 Å². The van der Waals surface area contributed by atoms with Gasteiger partial charge >= 0.3 is 0 Å². The van der Waals surface area contributed by atoms with Gasteiger partial charge in [0.15, 0.2) is 0 Å². The molecule has 2 amide bonds. The Morgan fingerprint density at radius 1 is 1.03 bits per heavy atom. The number of hydrazine groups is 1. The Balaban J connectivity index is 1.40. The number of likely N-dealkylation sites (N-methyl/N-ethyl adjacent to an activating group) is 2. The Kier molecular flexibility index (Phi) is 8.76. The first-order chi connectivity index (χ1) is 18.2. The Labute approximate surface area is 223 Å². The molecule has 38 heavy (non-hydrogen) atoms. The lowest BCUT2D eigenvalue weighted by Gasteiger charge is -2.28. The van der Waals surface area contributed by atoms with Crippen molar-refractivity contribution in [3.63, 3.8) is 0 Å². The zero-order valence-electron chi connectivity index (χ0n) is 23.0. The molecule has 0 bridgehead atoms. The molecule has 0 saturated carbocycles. The molecule has 0 radical (unpaired) electrons. The molecular weight excluding hydrogens is 485 g/mol. The van der Waals surface area contributed by atoms with E-state index in [9.17, 15) is 14.0 Å². The number of rotatable bonds is 11. The van der Waals surface area contributed by atoms with E-state index in [1.165, 1.54) is 12.1 Å². The van der Waals surface area contributed by atoms with Crippen LogP contribution in [-0.4, -0.2) is 71.4 Å². The molecule has 0 saturated heterocycles. The zero-order chi connectivity index (χ0) is 27.4. The van der Waals surface area contributed by atoms with Gasteiger partial charge in [-0.25, -0.2) is 9.40 Å². The molecule has 10 heteroatoms. The van der Waals surface area contributed by atoms with Crippen LogP contribution in [0.4, 0.5) is 10.1 Å². The molecule has 0 unspecified atom stereocenters.